The van der Waals surface area contributed by atoms with Crippen LogP contribution in [0.1, 0.15) is 0 Å². The number of nitrogens with zero attached hydrogens (tertiary/aromatic N) is 1. The first-order valence-corrected chi connectivity index (χ1v) is 18.8. The van der Waals surface area contributed by atoms with Gasteiger partial charge in [0.2, 0.25) is 0 Å². The molecule has 0 radical (unpaired) electrons. The molecule has 0 amide bonds. The third kappa shape index (κ3) is 4.71. The average Bonchev–Trinajstić information content (AvgIpc) is 3.81. The van der Waals surface area contributed by atoms with Crippen LogP contribution in [0.2, 0.25) is 0 Å². The summed E-state index contributed by atoms with van der Waals surface area (Å²) < 4.78 is 9.53. The smallest absolute Gasteiger partial charge is 0.160 e. The van der Waals surface area contributed by atoms with Crippen LogP contribution in [0.25, 0.3) is 85.9 Å². The molecule has 0 N–H and O–H groups in total. The highest BCUT2D eigenvalue weighted by Gasteiger charge is 2.26. The molecule has 2 heterocycles. The molecule has 2 aromatic heterocycles. The van der Waals surface area contributed by atoms with Gasteiger partial charge >= 0.3 is 0 Å². The number of hydrogen-bond acceptors (Lipinski definition) is 3. The first-order chi connectivity index (χ1) is 26.3. The van der Waals surface area contributed by atoms with Gasteiger partial charge in [0.15, 0.2) is 5.58 Å². The Balaban J connectivity index is 1.22. The summed E-state index contributed by atoms with van der Waals surface area (Å²) in [6.45, 7) is 0. The van der Waals surface area contributed by atoms with Crippen molar-refractivity contribution < 1.29 is 4.42 Å². The van der Waals surface area contributed by atoms with Gasteiger partial charge in [-0.3, -0.25) is 0 Å². The fraction of sp³-hybridized carbons (Fsp3) is 0. The topological polar surface area (TPSA) is 16.4 Å². The first kappa shape index (κ1) is 30.0. The lowest BCUT2D eigenvalue weighted by atomic mass is 9.96. The third-order valence-electron chi connectivity index (χ3n) is 10.7. The van der Waals surface area contributed by atoms with Crippen LogP contribution in [-0.2, 0) is 0 Å². The quantitative estimate of drug-likeness (QED) is 0.167. The Morgan fingerprint density at radius 1 is 0.415 bits per heavy atom. The predicted molar refractivity (Wildman–Crippen MR) is 227 cm³/mol. The average molecular weight is 694 g/mol. The van der Waals surface area contributed by atoms with Crippen molar-refractivity contribution in [2.75, 3.05) is 4.90 Å². The number of rotatable bonds is 5. The molecule has 0 atom stereocenters. The molecule has 0 bridgehead atoms. The van der Waals surface area contributed by atoms with Crippen LogP contribution in [0.4, 0.5) is 17.1 Å². The fourth-order valence-electron chi connectivity index (χ4n) is 8.22. The monoisotopic (exact) mass is 693 g/mol. The number of fused-ring (bicyclic) bond motifs is 9. The van der Waals surface area contributed by atoms with E-state index in [0.29, 0.717) is 0 Å². The molecule has 0 aliphatic rings. The Kier molecular flexibility index (Phi) is 6.76. The van der Waals surface area contributed by atoms with Crippen LogP contribution < -0.4 is 4.90 Å². The van der Waals surface area contributed by atoms with Crippen LogP contribution in [0.5, 0.6) is 0 Å². The van der Waals surface area contributed by atoms with Crippen LogP contribution in [0.15, 0.2) is 192 Å². The highest BCUT2D eigenvalue weighted by atomic mass is 32.1. The van der Waals surface area contributed by atoms with E-state index >= 15 is 0 Å². The third-order valence-corrected chi connectivity index (χ3v) is 11.9. The molecule has 0 spiro atoms. The lowest BCUT2D eigenvalue weighted by Crippen LogP contribution is -2.12. The van der Waals surface area contributed by atoms with Gasteiger partial charge in [-0.15, -0.1) is 11.3 Å². The molecule has 0 fully saturated rings. The zero-order valence-electron chi connectivity index (χ0n) is 28.7. The number of benzene rings is 9. The summed E-state index contributed by atoms with van der Waals surface area (Å²) in [5, 5.41) is 9.65. The minimum atomic E-state index is 0.865. The maximum atomic E-state index is 6.90. The molecule has 0 unspecified atom stereocenters. The van der Waals surface area contributed by atoms with E-state index in [0.717, 1.165) is 50.1 Å². The minimum absolute atomic E-state index is 0.865. The second-order valence-corrected chi connectivity index (χ2v) is 14.7. The highest BCUT2D eigenvalue weighted by molar-refractivity contribution is 7.26. The van der Waals surface area contributed by atoms with Gasteiger partial charge in [-0.2, -0.15) is 0 Å². The zero-order valence-corrected chi connectivity index (χ0v) is 29.5. The normalized spacial score (nSPS) is 11.8. The molecule has 9 aromatic carbocycles. The molecule has 2 nitrogen and oxygen atoms in total. The largest absolute Gasteiger partial charge is 0.454 e. The summed E-state index contributed by atoms with van der Waals surface area (Å²) in [7, 11) is 0. The Hall–Kier alpha value is -6.68. The van der Waals surface area contributed by atoms with Crippen LogP contribution >= 0.6 is 11.3 Å². The van der Waals surface area contributed by atoms with E-state index in [1.54, 1.807) is 0 Å². The first-order valence-electron chi connectivity index (χ1n) is 18.0. The standard InChI is InChI=1S/C50H31NOS/c1-2-13-32(14-3-1)37-29-30-43-41-19-8-10-23-46(41)52-49(43)48(37)51(45-31-34-15-4-5-16-36(34)39-17-6-7-18-40(39)45)35-27-25-33(26-28-35)38-21-12-22-44-42-20-9-11-24-47(42)53-50(38)44/h1-31H. The maximum absolute atomic E-state index is 6.90. The predicted octanol–water partition coefficient (Wildman–Crippen LogP) is 15.1. The number of furan rings is 1. The molecular formula is C50H31NOS. The summed E-state index contributed by atoms with van der Waals surface area (Å²) in [6, 6.07) is 67.9. The Morgan fingerprint density at radius 2 is 1.08 bits per heavy atom. The zero-order chi connectivity index (χ0) is 34.9. The van der Waals surface area contributed by atoms with Crippen molar-refractivity contribution in [3.05, 3.63) is 188 Å². The minimum Gasteiger partial charge on any atom is -0.454 e. The summed E-state index contributed by atoms with van der Waals surface area (Å²) in [5.74, 6) is 0. The van der Waals surface area contributed by atoms with E-state index in [2.05, 4.69) is 187 Å². The molecule has 0 aliphatic heterocycles. The molecule has 248 valence electrons. The summed E-state index contributed by atoms with van der Waals surface area (Å²) in [5.41, 5.74) is 9.60. The Morgan fingerprint density at radius 3 is 1.92 bits per heavy atom. The SMILES string of the molecule is c1ccc(-c2ccc3c(oc4ccccc43)c2N(c2ccc(-c3cccc4c3sc3ccccc34)cc2)c2cc3ccccc3c3ccccc23)cc1. The molecule has 0 aliphatic carbocycles. The van der Waals surface area contributed by atoms with E-state index < -0.39 is 0 Å². The second-order valence-electron chi connectivity index (χ2n) is 13.6. The van der Waals surface area contributed by atoms with Gasteiger partial charge in [0.1, 0.15) is 5.58 Å². The van der Waals surface area contributed by atoms with Crippen molar-refractivity contribution in [2.24, 2.45) is 0 Å². The van der Waals surface area contributed by atoms with E-state index in [-0.39, 0.29) is 0 Å². The molecule has 3 heteroatoms. The van der Waals surface area contributed by atoms with E-state index in [9.17, 15) is 0 Å². The lowest BCUT2D eigenvalue weighted by Gasteiger charge is -2.30. The van der Waals surface area contributed by atoms with Crippen molar-refractivity contribution in [2.45, 2.75) is 0 Å². The van der Waals surface area contributed by atoms with E-state index in [4.69, 9.17) is 4.42 Å². The van der Waals surface area contributed by atoms with Crippen molar-refractivity contribution >= 4 is 92.1 Å². The number of hydrogen-bond donors (Lipinski definition) is 0. The highest BCUT2D eigenvalue weighted by Crippen LogP contribution is 2.50. The summed E-state index contributed by atoms with van der Waals surface area (Å²) in [6.07, 6.45) is 0. The van der Waals surface area contributed by atoms with Crippen LogP contribution in [0, 0.1) is 0 Å². The second kappa shape index (κ2) is 11.9. The fourth-order valence-corrected chi connectivity index (χ4v) is 9.46. The lowest BCUT2D eigenvalue weighted by molar-refractivity contribution is 0.669. The maximum Gasteiger partial charge on any atom is 0.160 e. The molecule has 53 heavy (non-hydrogen) atoms. The van der Waals surface area contributed by atoms with Gasteiger partial charge in [0.25, 0.3) is 0 Å². The van der Waals surface area contributed by atoms with Gasteiger partial charge < -0.3 is 9.32 Å². The van der Waals surface area contributed by atoms with Crippen molar-refractivity contribution in [3.63, 3.8) is 0 Å². The van der Waals surface area contributed by atoms with Gasteiger partial charge in [-0.05, 0) is 69.2 Å². The number of thiophene rings is 1. The van der Waals surface area contributed by atoms with Crippen molar-refractivity contribution in [3.8, 4) is 22.3 Å². The molecular weight excluding hydrogens is 663 g/mol. The van der Waals surface area contributed by atoms with Gasteiger partial charge in [-0.25, -0.2) is 0 Å². The van der Waals surface area contributed by atoms with Gasteiger partial charge in [-0.1, -0.05) is 152 Å². The molecule has 0 saturated heterocycles. The Bertz CT molecular complexity index is 3170. The van der Waals surface area contributed by atoms with Crippen molar-refractivity contribution in [1.29, 1.82) is 0 Å². The molecule has 11 aromatic rings. The van der Waals surface area contributed by atoms with E-state index in [1.165, 1.54) is 52.8 Å². The number of para-hydroxylation sites is 1. The van der Waals surface area contributed by atoms with Gasteiger partial charge in [0, 0.05) is 47.6 Å². The summed E-state index contributed by atoms with van der Waals surface area (Å²) in [4.78, 5) is 2.44. The van der Waals surface area contributed by atoms with Crippen LogP contribution in [-0.4, -0.2) is 0 Å². The van der Waals surface area contributed by atoms with E-state index in [1.807, 2.05) is 17.4 Å². The van der Waals surface area contributed by atoms with Gasteiger partial charge in [0.05, 0.1) is 11.4 Å². The molecule has 0 saturated carbocycles. The Labute approximate surface area is 310 Å². The number of anilines is 3. The summed E-state index contributed by atoms with van der Waals surface area (Å²) >= 11 is 1.87. The molecule has 11 rings (SSSR count). The van der Waals surface area contributed by atoms with Crippen LogP contribution in [0.3, 0.4) is 0 Å². The van der Waals surface area contributed by atoms with Crippen molar-refractivity contribution in [1.82, 2.24) is 0 Å².